The average Bonchev–Trinajstić information content (AvgIpc) is 2.61. The first-order chi connectivity index (χ1) is 11.2. The standard InChI is InChI=1S/C18H30N2O3/c1-2-14-23-15-6-9-17(21)19-10-12-20(13-11-19)18(22)16-7-4-3-5-8-16/h2,16H,1,3-15H2. The highest BCUT2D eigenvalue weighted by atomic mass is 16.5. The lowest BCUT2D eigenvalue weighted by molar-refractivity contribution is -0.143. The Bertz CT molecular complexity index is 397. The first kappa shape index (κ1) is 18.0. The number of hydrogen-bond acceptors (Lipinski definition) is 3. The van der Waals surface area contributed by atoms with Gasteiger partial charge in [-0.2, -0.15) is 0 Å². The van der Waals surface area contributed by atoms with Gasteiger partial charge in [-0.15, -0.1) is 6.58 Å². The number of hydrogen-bond donors (Lipinski definition) is 0. The first-order valence-corrected chi connectivity index (χ1v) is 8.97. The van der Waals surface area contributed by atoms with Crippen molar-refractivity contribution in [1.29, 1.82) is 0 Å². The molecule has 0 N–H and O–H groups in total. The van der Waals surface area contributed by atoms with Crippen LogP contribution in [0.1, 0.15) is 44.9 Å². The van der Waals surface area contributed by atoms with Crippen LogP contribution in [0, 0.1) is 5.92 Å². The van der Waals surface area contributed by atoms with Crippen LogP contribution >= 0.6 is 0 Å². The first-order valence-electron chi connectivity index (χ1n) is 8.97. The van der Waals surface area contributed by atoms with E-state index in [0.717, 1.165) is 19.3 Å². The third kappa shape index (κ3) is 5.65. The Hall–Kier alpha value is -1.36. The summed E-state index contributed by atoms with van der Waals surface area (Å²) in [6.45, 7) is 7.44. The molecule has 0 atom stereocenters. The molecule has 1 aliphatic carbocycles. The molecule has 1 aliphatic heterocycles. The van der Waals surface area contributed by atoms with Crippen molar-refractivity contribution >= 4 is 11.8 Å². The third-order valence-electron chi connectivity index (χ3n) is 4.81. The van der Waals surface area contributed by atoms with Crippen LogP contribution in [-0.4, -0.2) is 61.0 Å². The fraction of sp³-hybridized carbons (Fsp3) is 0.778. The number of amides is 2. The highest BCUT2D eigenvalue weighted by Gasteiger charge is 2.29. The van der Waals surface area contributed by atoms with Crippen LogP contribution < -0.4 is 0 Å². The van der Waals surface area contributed by atoms with E-state index in [0.29, 0.717) is 51.7 Å². The van der Waals surface area contributed by atoms with E-state index in [9.17, 15) is 9.59 Å². The van der Waals surface area contributed by atoms with Crippen molar-refractivity contribution < 1.29 is 14.3 Å². The maximum atomic E-state index is 12.5. The molecule has 2 amide bonds. The van der Waals surface area contributed by atoms with Gasteiger partial charge in [0.2, 0.25) is 11.8 Å². The summed E-state index contributed by atoms with van der Waals surface area (Å²) in [7, 11) is 0. The smallest absolute Gasteiger partial charge is 0.225 e. The Morgan fingerprint density at radius 1 is 1.04 bits per heavy atom. The average molecular weight is 322 g/mol. The molecule has 23 heavy (non-hydrogen) atoms. The van der Waals surface area contributed by atoms with Crippen LogP contribution in [0.5, 0.6) is 0 Å². The molecule has 1 saturated carbocycles. The fourth-order valence-electron chi connectivity index (χ4n) is 3.43. The molecule has 2 aliphatic rings. The minimum Gasteiger partial charge on any atom is -0.377 e. The quantitative estimate of drug-likeness (QED) is 0.533. The summed E-state index contributed by atoms with van der Waals surface area (Å²) < 4.78 is 5.29. The summed E-state index contributed by atoms with van der Waals surface area (Å²) in [6.07, 6.45) is 8.70. The van der Waals surface area contributed by atoms with Gasteiger partial charge in [-0.1, -0.05) is 25.3 Å². The summed E-state index contributed by atoms with van der Waals surface area (Å²) in [6, 6.07) is 0. The van der Waals surface area contributed by atoms with Crippen molar-refractivity contribution in [2.24, 2.45) is 5.92 Å². The molecular formula is C18H30N2O3. The summed E-state index contributed by atoms with van der Waals surface area (Å²) >= 11 is 0. The van der Waals surface area contributed by atoms with Gasteiger partial charge in [0.05, 0.1) is 6.61 Å². The zero-order valence-corrected chi connectivity index (χ0v) is 14.2. The minimum atomic E-state index is 0.178. The maximum absolute atomic E-state index is 12.5. The van der Waals surface area contributed by atoms with E-state index in [4.69, 9.17) is 4.74 Å². The molecule has 0 aromatic heterocycles. The molecule has 2 rings (SSSR count). The third-order valence-corrected chi connectivity index (χ3v) is 4.81. The predicted octanol–water partition coefficient (Wildman–Crippen LogP) is 2.22. The van der Waals surface area contributed by atoms with Crippen molar-refractivity contribution in [3.63, 3.8) is 0 Å². The number of nitrogens with zero attached hydrogens (tertiary/aromatic N) is 2. The molecule has 1 heterocycles. The van der Waals surface area contributed by atoms with Crippen LogP contribution in [0.3, 0.4) is 0 Å². The van der Waals surface area contributed by atoms with Crippen LogP contribution in [0.25, 0.3) is 0 Å². The van der Waals surface area contributed by atoms with Crippen molar-refractivity contribution in [3.8, 4) is 0 Å². The second-order valence-electron chi connectivity index (χ2n) is 6.51. The molecule has 2 fully saturated rings. The van der Waals surface area contributed by atoms with Crippen LogP contribution in [-0.2, 0) is 14.3 Å². The lowest BCUT2D eigenvalue weighted by Crippen LogP contribution is -2.52. The molecule has 0 unspecified atom stereocenters. The van der Waals surface area contributed by atoms with Gasteiger partial charge in [0.25, 0.3) is 0 Å². The zero-order chi connectivity index (χ0) is 16.5. The topological polar surface area (TPSA) is 49.9 Å². The Morgan fingerprint density at radius 2 is 1.70 bits per heavy atom. The van der Waals surface area contributed by atoms with E-state index < -0.39 is 0 Å². The van der Waals surface area contributed by atoms with Gasteiger partial charge in [0, 0.05) is 45.1 Å². The van der Waals surface area contributed by atoms with E-state index in [-0.39, 0.29) is 11.8 Å². The fourth-order valence-corrected chi connectivity index (χ4v) is 3.43. The summed E-state index contributed by atoms with van der Waals surface area (Å²) in [4.78, 5) is 28.5. The minimum absolute atomic E-state index is 0.178. The van der Waals surface area contributed by atoms with Gasteiger partial charge < -0.3 is 14.5 Å². The molecular weight excluding hydrogens is 292 g/mol. The molecule has 130 valence electrons. The van der Waals surface area contributed by atoms with Crippen molar-refractivity contribution in [2.75, 3.05) is 39.4 Å². The normalized spacial score (nSPS) is 19.7. The molecule has 5 nitrogen and oxygen atoms in total. The highest BCUT2D eigenvalue weighted by molar-refractivity contribution is 5.80. The molecule has 0 aromatic carbocycles. The zero-order valence-electron chi connectivity index (χ0n) is 14.2. The lowest BCUT2D eigenvalue weighted by Gasteiger charge is -2.37. The maximum Gasteiger partial charge on any atom is 0.225 e. The molecule has 0 radical (unpaired) electrons. The molecule has 0 aromatic rings. The second kappa shape index (κ2) is 9.71. The molecule has 1 saturated heterocycles. The van der Waals surface area contributed by atoms with E-state index in [1.807, 2.05) is 9.80 Å². The van der Waals surface area contributed by atoms with E-state index >= 15 is 0 Å². The van der Waals surface area contributed by atoms with Gasteiger partial charge in [-0.3, -0.25) is 9.59 Å². The van der Waals surface area contributed by atoms with E-state index in [2.05, 4.69) is 6.58 Å². The number of carbonyl (C=O) groups excluding carboxylic acids is 2. The number of piperazine rings is 1. The van der Waals surface area contributed by atoms with Crippen LogP contribution in [0.15, 0.2) is 12.7 Å². The van der Waals surface area contributed by atoms with Crippen LogP contribution in [0.4, 0.5) is 0 Å². The molecule has 5 heteroatoms. The van der Waals surface area contributed by atoms with Crippen molar-refractivity contribution in [1.82, 2.24) is 9.80 Å². The van der Waals surface area contributed by atoms with Crippen LogP contribution in [0.2, 0.25) is 0 Å². The van der Waals surface area contributed by atoms with Gasteiger partial charge in [0.15, 0.2) is 0 Å². The lowest BCUT2D eigenvalue weighted by atomic mass is 9.88. The second-order valence-corrected chi connectivity index (χ2v) is 6.51. The molecule has 0 bridgehead atoms. The van der Waals surface area contributed by atoms with E-state index in [1.54, 1.807) is 6.08 Å². The van der Waals surface area contributed by atoms with E-state index in [1.165, 1.54) is 19.3 Å². The Kier molecular flexibility index (Phi) is 7.59. The molecule has 0 spiro atoms. The van der Waals surface area contributed by atoms with Crippen molar-refractivity contribution in [3.05, 3.63) is 12.7 Å². The Balaban J connectivity index is 1.65. The van der Waals surface area contributed by atoms with Gasteiger partial charge >= 0.3 is 0 Å². The number of ether oxygens (including phenoxy) is 1. The summed E-state index contributed by atoms with van der Waals surface area (Å²) in [5.41, 5.74) is 0. The number of carbonyl (C=O) groups is 2. The predicted molar refractivity (Wildman–Crippen MR) is 90.0 cm³/mol. The summed E-state index contributed by atoms with van der Waals surface area (Å²) in [5, 5.41) is 0. The van der Waals surface area contributed by atoms with Gasteiger partial charge in [-0.25, -0.2) is 0 Å². The monoisotopic (exact) mass is 322 g/mol. The van der Waals surface area contributed by atoms with Gasteiger partial charge in [0.1, 0.15) is 0 Å². The Labute approximate surface area is 139 Å². The number of rotatable bonds is 7. The van der Waals surface area contributed by atoms with Gasteiger partial charge in [-0.05, 0) is 19.3 Å². The SMILES string of the molecule is C=CCOCCCC(=O)N1CCN(C(=O)C2CCCCC2)CC1. The Morgan fingerprint density at radius 3 is 2.35 bits per heavy atom. The summed E-state index contributed by atoms with van der Waals surface area (Å²) in [5.74, 6) is 0.722. The highest BCUT2D eigenvalue weighted by Crippen LogP contribution is 2.25. The largest absolute Gasteiger partial charge is 0.377 e. The van der Waals surface area contributed by atoms with Crippen molar-refractivity contribution in [2.45, 2.75) is 44.9 Å².